The van der Waals surface area contributed by atoms with Crippen molar-refractivity contribution in [3.05, 3.63) is 65.5 Å². The molecule has 2 nitrogen and oxygen atoms in total. The molecule has 4 heteroatoms. The summed E-state index contributed by atoms with van der Waals surface area (Å²) in [6.07, 6.45) is 3.32. The van der Waals surface area contributed by atoms with Crippen molar-refractivity contribution in [3.63, 3.8) is 0 Å². The maximum absolute atomic E-state index is 13.3. The fraction of sp³-hybridized carbons (Fsp3) is 0.214. The van der Waals surface area contributed by atoms with Gasteiger partial charge in [0.2, 0.25) is 0 Å². The summed E-state index contributed by atoms with van der Waals surface area (Å²) in [5.74, 6) is -1.14. The second-order valence-electron chi connectivity index (χ2n) is 3.97. The summed E-state index contributed by atoms with van der Waals surface area (Å²) in [6.45, 7) is 2.65. The zero-order valence-corrected chi connectivity index (χ0v) is 10.0. The minimum absolute atomic E-state index is 0.233. The van der Waals surface area contributed by atoms with Gasteiger partial charge in [0.15, 0.2) is 0 Å². The van der Waals surface area contributed by atoms with Crippen LogP contribution in [0.4, 0.5) is 8.78 Å². The predicted molar refractivity (Wildman–Crippen MR) is 66.1 cm³/mol. The molecule has 0 radical (unpaired) electrons. The van der Waals surface area contributed by atoms with Crippen LogP contribution in [0.15, 0.2) is 42.7 Å². The van der Waals surface area contributed by atoms with E-state index in [9.17, 15) is 8.78 Å². The van der Waals surface area contributed by atoms with E-state index < -0.39 is 11.6 Å². The van der Waals surface area contributed by atoms with Gasteiger partial charge in [0.25, 0.3) is 0 Å². The molecular formula is C14H14F2N2. The highest BCUT2D eigenvalue weighted by molar-refractivity contribution is 5.31. The van der Waals surface area contributed by atoms with Crippen LogP contribution < -0.4 is 5.32 Å². The molecule has 18 heavy (non-hydrogen) atoms. The molecule has 1 unspecified atom stereocenters. The number of pyridine rings is 1. The summed E-state index contributed by atoms with van der Waals surface area (Å²) >= 11 is 0. The summed E-state index contributed by atoms with van der Waals surface area (Å²) in [5.41, 5.74) is 1.50. The van der Waals surface area contributed by atoms with Gasteiger partial charge in [-0.15, -0.1) is 0 Å². The quantitative estimate of drug-likeness (QED) is 0.899. The average Bonchev–Trinajstić information content (AvgIpc) is 2.36. The Morgan fingerprint density at radius 2 is 1.67 bits per heavy atom. The molecule has 0 saturated carbocycles. The van der Waals surface area contributed by atoms with Gasteiger partial charge in [0.05, 0.1) is 6.04 Å². The van der Waals surface area contributed by atoms with Gasteiger partial charge < -0.3 is 5.32 Å². The van der Waals surface area contributed by atoms with Crippen LogP contribution in [0.5, 0.6) is 0 Å². The van der Waals surface area contributed by atoms with E-state index in [1.165, 1.54) is 12.1 Å². The summed E-state index contributed by atoms with van der Waals surface area (Å²) in [7, 11) is 0. The van der Waals surface area contributed by atoms with Gasteiger partial charge in [-0.1, -0.05) is 6.92 Å². The number of rotatable bonds is 4. The SMILES string of the molecule is CCNC(c1ccncc1)c1cc(F)cc(F)c1. The van der Waals surface area contributed by atoms with Crippen LogP contribution in [0.1, 0.15) is 24.1 Å². The molecule has 1 N–H and O–H groups in total. The van der Waals surface area contributed by atoms with Gasteiger partial charge in [0.1, 0.15) is 11.6 Å². The van der Waals surface area contributed by atoms with Crippen LogP contribution in [0.25, 0.3) is 0 Å². The molecule has 1 aromatic heterocycles. The highest BCUT2D eigenvalue weighted by Crippen LogP contribution is 2.23. The molecule has 0 aliphatic carbocycles. The second-order valence-corrected chi connectivity index (χ2v) is 3.97. The second kappa shape index (κ2) is 5.69. The van der Waals surface area contributed by atoms with E-state index in [4.69, 9.17) is 0 Å². The molecule has 0 spiro atoms. The van der Waals surface area contributed by atoms with Gasteiger partial charge in [-0.2, -0.15) is 0 Å². The monoisotopic (exact) mass is 248 g/mol. The molecule has 2 aromatic rings. The van der Waals surface area contributed by atoms with Crippen LogP contribution in [-0.2, 0) is 0 Å². The van der Waals surface area contributed by atoms with Crippen LogP contribution in [0.2, 0.25) is 0 Å². The number of nitrogens with one attached hydrogen (secondary N) is 1. The number of nitrogens with zero attached hydrogens (tertiary/aromatic N) is 1. The minimum atomic E-state index is -0.568. The molecule has 1 heterocycles. The number of benzene rings is 1. The Labute approximate surface area is 105 Å². The van der Waals surface area contributed by atoms with E-state index >= 15 is 0 Å². The maximum atomic E-state index is 13.3. The zero-order valence-electron chi connectivity index (χ0n) is 10.0. The van der Waals surface area contributed by atoms with Crippen molar-refractivity contribution in [3.8, 4) is 0 Å². The van der Waals surface area contributed by atoms with E-state index in [0.29, 0.717) is 12.1 Å². The molecule has 0 amide bonds. The molecule has 94 valence electrons. The molecule has 0 fully saturated rings. The number of aromatic nitrogens is 1. The van der Waals surface area contributed by atoms with Gasteiger partial charge in [-0.25, -0.2) is 8.78 Å². The van der Waals surface area contributed by atoms with E-state index in [1.54, 1.807) is 12.4 Å². The molecule has 0 aliphatic rings. The third kappa shape index (κ3) is 2.90. The Bertz CT molecular complexity index is 494. The first kappa shape index (κ1) is 12.6. The molecule has 0 saturated heterocycles. The van der Waals surface area contributed by atoms with E-state index in [-0.39, 0.29) is 6.04 Å². The summed E-state index contributed by atoms with van der Waals surface area (Å²) in [4.78, 5) is 3.94. The minimum Gasteiger partial charge on any atom is -0.307 e. The van der Waals surface area contributed by atoms with Crippen LogP contribution in [0.3, 0.4) is 0 Å². The smallest absolute Gasteiger partial charge is 0.126 e. The summed E-state index contributed by atoms with van der Waals surface area (Å²) in [6, 6.07) is 6.99. The Morgan fingerprint density at radius 1 is 1.06 bits per heavy atom. The number of hydrogen-bond donors (Lipinski definition) is 1. The first-order valence-electron chi connectivity index (χ1n) is 5.80. The molecule has 2 rings (SSSR count). The zero-order chi connectivity index (χ0) is 13.0. The van der Waals surface area contributed by atoms with Crippen LogP contribution in [0, 0.1) is 11.6 Å². The lowest BCUT2D eigenvalue weighted by Gasteiger charge is -2.18. The molecule has 1 aromatic carbocycles. The highest BCUT2D eigenvalue weighted by atomic mass is 19.1. The maximum Gasteiger partial charge on any atom is 0.126 e. The Balaban J connectivity index is 2.41. The first-order chi connectivity index (χ1) is 8.70. The Morgan fingerprint density at radius 3 is 2.22 bits per heavy atom. The Kier molecular flexibility index (Phi) is 3.99. The number of hydrogen-bond acceptors (Lipinski definition) is 2. The van der Waals surface area contributed by atoms with Crippen molar-refractivity contribution in [1.82, 2.24) is 10.3 Å². The fourth-order valence-electron chi connectivity index (χ4n) is 1.93. The van der Waals surface area contributed by atoms with Crippen molar-refractivity contribution < 1.29 is 8.78 Å². The van der Waals surface area contributed by atoms with Crippen molar-refractivity contribution in [2.45, 2.75) is 13.0 Å². The van der Waals surface area contributed by atoms with Crippen LogP contribution in [-0.4, -0.2) is 11.5 Å². The van der Waals surface area contributed by atoms with Gasteiger partial charge in [0, 0.05) is 18.5 Å². The normalized spacial score (nSPS) is 12.4. The largest absolute Gasteiger partial charge is 0.307 e. The highest BCUT2D eigenvalue weighted by Gasteiger charge is 2.14. The summed E-state index contributed by atoms with van der Waals surface area (Å²) < 4.78 is 26.5. The van der Waals surface area contributed by atoms with Gasteiger partial charge in [-0.3, -0.25) is 4.98 Å². The molecule has 0 aliphatic heterocycles. The van der Waals surface area contributed by atoms with Crippen molar-refractivity contribution in [2.24, 2.45) is 0 Å². The predicted octanol–water partition coefficient (Wildman–Crippen LogP) is 3.06. The van der Waals surface area contributed by atoms with Crippen molar-refractivity contribution >= 4 is 0 Å². The van der Waals surface area contributed by atoms with Gasteiger partial charge in [-0.05, 0) is 41.9 Å². The van der Waals surface area contributed by atoms with Gasteiger partial charge >= 0.3 is 0 Å². The van der Waals surface area contributed by atoms with E-state index in [1.807, 2.05) is 19.1 Å². The average molecular weight is 248 g/mol. The lowest BCUT2D eigenvalue weighted by Crippen LogP contribution is -2.22. The summed E-state index contributed by atoms with van der Waals surface area (Å²) in [5, 5.41) is 3.21. The molecule has 1 atom stereocenters. The topological polar surface area (TPSA) is 24.9 Å². The lowest BCUT2D eigenvalue weighted by molar-refractivity contribution is 0.565. The van der Waals surface area contributed by atoms with E-state index in [0.717, 1.165) is 11.6 Å². The molecule has 0 bridgehead atoms. The Hall–Kier alpha value is -1.81. The standard InChI is InChI=1S/C14H14F2N2/c1-2-18-14(10-3-5-17-6-4-10)11-7-12(15)9-13(16)8-11/h3-9,14,18H,2H2,1H3. The third-order valence-corrected chi connectivity index (χ3v) is 2.67. The molecular weight excluding hydrogens is 234 g/mol. The van der Waals surface area contributed by atoms with Crippen molar-refractivity contribution in [1.29, 1.82) is 0 Å². The number of halogens is 2. The van der Waals surface area contributed by atoms with Crippen LogP contribution >= 0.6 is 0 Å². The third-order valence-electron chi connectivity index (χ3n) is 2.67. The van der Waals surface area contributed by atoms with E-state index in [2.05, 4.69) is 10.3 Å². The fourth-order valence-corrected chi connectivity index (χ4v) is 1.93. The lowest BCUT2D eigenvalue weighted by atomic mass is 9.99. The first-order valence-corrected chi connectivity index (χ1v) is 5.80. The van der Waals surface area contributed by atoms with Crippen molar-refractivity contribution in [2.75, 3.05) is 6.54 Å².